The molecule has 4 rings (SSSR count). The van der Waals surface area contributed by atoms with Gasteiger partial charge in [-0.25, -0.2) is 4.98 Å². The number of aromatic nitrogens is 2. The van der Waals surface area contributed by atoms with Crippen LogP contribution in [-0.4, -0.2) is 9.55 Å². The van der Waals surface area contributed by atoms with Crippen LogP contribution in [0.25, 0.3) is 28.1 Å². The van der Waals surface area contributed by atoms with E-state index in [0.29, 0.717) is 0 Å². The average Bonchev–Trinajstić information content (AvgIpc) is 2.94. The monoisotopic (exact) mass is 298 g/mol. The third-order valence-corrected chi connectivity index (χ3v) is 4.10. The highest BCUT2D eigenvalue weighted by molar-refractivity contribution is 5.83. The second-order valence-corrected chi connectivity index (χ2v) is 5.97. The summed E-state index contributed by atoms with van der Waals surface area (Å²) in [5, 5.41) is 0. The van der Waals surface area contributed by atoms with E-state index in [1.54, 1.807) is 0 Å². The van der Waals surface area contributed by atoms with Gasteiger partial charge in [-0.05, 0) is 49.7 Å². The molecule has 1 aromatic heterocycles. The van der Waals surface area contributed by atoms with Crippen LogP contribution in [0.1, 0.15) is 11.1 Å². The first kappa shape index (κ1) is 13.8. The van der Waals surface area contributed by atoms with E-state index in [1.807, 2.05) is 6.07 Å². The number of rotatable bonds is 2. The summed E-state index contributed by atoms with van der Waals surface area (Å²) in [4.78, 5) is 4.89. The van der Waals surface area contributed by atoms with Crippen LogP contribution >= 0.6 is 0 Å². The van der Waals surface area contributed by atoms with E-state index in [1.165, 1.54) is 11.1 Å². The van der Waals surface area contributed by atoms with Crippen molar-refractivity contribution >= 4 is 11.0 Å². The quantitative estimate of drug-likeness (QED) is 0.490. The van der Waals surface area contributed by atoms with E-state index in [0.717, 1.165) is 28.1 Å². The maximum Gasteiger partial charge on any atom is 0.145 e. The van der Waals surface area contributed by atoms with Crippen molar-refractivity contribution in [3.8, 4) is 17.1 Å². The molecule has 0 saturated heterocycles. The highest BCUT2D eigenvalue weighted by Crippen LogP contribution is 2.29. The number of hydrogen-bond acceptors (Lipinski definition) is 1. The summed E-state index contributed by atoms with van der Waals surface area (Å²) in [7, 11) is 0. The van der Waals surface area contributed by atoms with Crippen molar-refractivity contribution in [2.24, 2.45) is 0 Å². The fraction of sp³-hybridized carbons (Fsp3) is 0.0952. The Morgan fingerprint density at radius 2 is 1.48 bits per heavy atom. The Morgan fingerprint density at radius 1 is 0.739 bits per heavy atom. The van der Waals surface area contributed by atoms with E-state index in [4.69, 9.17) is 4.98 Å². The van der Waals surface area contributed by atoms with Gasteiger partial charge in [0.2, 0.25) is 0 Å². The van der Waals surface area contributed by atoms with Crippen molar-refractivity contribution in [3.05, 3.63) is 83.9 Å². The van der Waals surface area contributed by atoms with Crippen molar-refractivity contribution in [2.75, 3.05) is 0 Å². The molecule has 0 unspecified atom stereocenters. The van der Waals surface area contributed by atoms with Gasteiger partial charge in [-0.15, -0.1) is 0 Å². The molecule has 3 aromatic carbocycles. The molecule has 0 saturated carbocycles. The first-order valence-electron chi connectivity index (χ1n) is 7.84. The number of nitrogens with zero attached hydrogens (tertiary/aromatic N) is 2. The van der Waals surface area contributed by atoms with Gasteiger partial charge in [-0.2, -0.15) is 0 Å². The Bertz CT molecular complexity index is 996. The van der Waals surface area contributed by atoms with Gasteiger partial charge in [0.15, 0.2) is 0 Å². The maximum absolute atomic E-state index is 4.89. The molecule has 2 heteroatoms. The Balaban J connectivity index is 2.06. The fourth-order valence-corrected chi connectivity index (χ4v) is 3.03. The summed E-state index contributed by atoms with van der Waals surface area (Å²) in [6.07, 6.45) is 0. The van der Waals surface area contributed by atoms with Gasteiger partial charge in [0.1, 0.15) is 5.82 Å². The Morgan fingerprint density at radius 3 is 2.26 bits per heavy atom. The summed E-state index contributed by atoms with van der Waals surface area (Å²) in [6, 6.07) is 25.4. The van der Waals surface area contributed by atoms with Crippen LogP contribution < -0.4 is 0 Å². The molecule has 0 atom stereocenters. The summed E-state index contributed by atoms with van der Waals surface area (Å²) < 4.78 is 2.25. The lowest BCUT2D eigenvalue weighted by molar-refractivity contribution is 1.10. The molecule has 0 fully saturated rings. The van der Waals surface area contributed by atoms with Gasteiger partial charge in [0.05, 0.1) is 11.0 Å². The predicted molar refractivity (Wildman–Crippen MR) is 96.0 cm³/mol. The molecule has 23 heavy (non-hydrogen) atoms. The minimum Gasteiger partial charge on any atom is -0.292 e. The normalized spacial score (nSPS) is 11.0. The number of fused-ring (bicyclic) bond motifs is 1. The van der Waals surface area contributed by atoms with Crippen LogP contribution in [0.15, 0.2) is 72.8 Å². The third kappa shape index (κ3) is 2.42. The number of imidazole rings is 1. The number of hydrogen-bond donors (Lipinski definition) is 0. The van der Waals surface area contributed by atoms with E-state index in [-0.39, 0.29) is 0 Å². The van der Waals surface area contributed by atoms with Crippen molar-refractivity contribution < 1.29 is 0 Å². The van der Waals surface area contributed by atoms with Gasteiger partial charge in [0.25, 0.3) is 0 Å². The Labute approximate surface area is 136 Å². The second kappa shape index (κ2) is 5.40. The van der Waals surface area contributed by atoms with Gasteiger partial charge < -0.3 is 0 Å². The molecule has 0 spiro atoms. The highest BCUT2D eigenvalue weighted by Gasteiger charge is 2.14. The summed E-state index contributed by atoms with van der Waals surface area (Å²) in [6.45, 7) is 4.23. The number of para-hydroxylation sites is 2. The zero-order valence-corrected chi connectivity index (χ0v) is 13.3. The molecule has 112 valence electrons. The molecular formula is C21H18N2. The largest absolute Gasteiger partial charge is 0.292 e. The van der Waals surface area contributed by atoms with Crippen LogP contribution in [0.2, 0.25) is 0 Å². The third-order valence-electron chi connectivity index (χ3n) is 4.10. The first-order chi connectivity index (χ1) is 11.2. The molecule has 0 aliphatic carbocycles. The minimum atomic E-state index is 0.987. The number of benzene rings is 3. The molecule has 0 N–H and O–H groups in total. The van der Waals surface area contributed by atoms with E-state index in [2.05, 4.69) is 85.1 Å². The fourth-order valence-electron chi connectivity index (χ4n) is 3.03. The second-order valence-electron chi connectivity index (χ2n) is 5.97. The topological polar surface area (TPSA) is 17.8 Å². The van der Waals surface area contributed by atoms with Crippen molar-refractivity contribution in [1.82, 2.24) is 9.55 Å². The van der Waals surface area contributed by atoms with Crippen LogP contribution in [0.3, 0.4) is 0 Å². The molecule has 2 nitrogen and oxygen atoms in total. The zero-order chi connectivity index (χ0) is 15.8. The molecule has 0 amide bonds. The molecule has 0 aliphatic heterocycles. The SMILES string of the molecule is Cc1cccc(-c2nc3ccccc3n2-c2cccc(C)c2)c1. The molecule has 0 bridgehead atoms. The molecule has 4 aromatic rings. The van der Waals surface area contributed by atoms with E-state index >= 15 is 0 Å². The molecule has 0 radical (unpaired) electrons. The Hall–Kier alpha value is -2.87. The molecule has 1 heterocycles. The lowest BCUT2D eigenvalue weighted by Crippen LogP contribution is -1.98. The average molecular weight is 298 g/mol. The smallest absolute Gasteiger partial charge is 0.145 e. The summed E-state index contributed by atoms with van der Waals surface area (Å²) >= 11 is 0. The highest BCUT2D eigenvalue weighted by atomic mass is 15.1. The van der Waals surface area contributed by atoms with Gasteiger partial charge in [-0.3, -0.25) is 4.57 Å². The van der Waals surface area contributed by atoms with Crippen molar-refractivity contribution in [1.29, 1.82) is 0 Å². The van der Waals surface area contributed by atoms with Gasteiger partial charge in [-0.1, -0.05) is 48.0 Å². The van der Waals surface area contributed by atoms with E-state index in [9.17, 15) is 0 Å². The minimum absolute atomic E-state index is 0.987. The van der Waals surface area contributed by atoms with Gasteiger partial charge in [0, 0.05) is 11.3 Å². The maximum atomic E-state index is 4.89. The molecular weight excluding hydrogens is 280 g/mol. The van der Waals surface area contributed by atoms with E-state index < -0.39 is 0 Å². The van der Waals surface area contributed by atoms with Crippen LogP contribution in [-0.2, 0) is 0 Å². The Kier molecular flexibility index (Phi) is 3.23. The van der Waals surface area contributed by atoms with Gasteiger partial charge >= 0.3 is 0 Å². The summed E-state index contributed by atoms with van der Waals surface area (Å²) in [5.74, 6) is 0.987. The van der Waals surface area contributed by atoms with Crippen LogP contribution in [0.4, 0.5) is 0 Å². The standard InChI is InChI=1S/C21H18N2/c1-15-7-5-9-17(13-15)21-22-19-11-3-4-12-20(19)23(21)18-10-6-8-16(2)14-18/h3-14H,1-2H3. The van der Waals surface area contributed by atoms with Crippen molar-refractivity contribution in [3.63, 3.8) is 0 Å². The lowest BCUT2D eigenvalue weighted by atomic mass is 10.1. The first-order valence-corrected chi connectivity index (χ1v) is 7.84. The predicted octanol–water partition coefficient (Wildman–Crippen LogP) is 5.31. The number of aryl methyl sites for hydroxylation is 2. The van der Waals surface area contributed by atoms with Crippen LogP contribution in [0.5, 0.6) is 0 Å². The lowest BCUT2D eigenvalue weighted by Gasteiger charge is -2.10. The summed E-state index contributed by atoms with van der Waals surface area (Å²) in [5.41, 5.74) is 6.93. The van der Waals surface area contributed by atoms with Crippen molar-refractivity contribution in [2.45, 2.75) is 13.8 Å². The molecule has 0 aliphatic rings. The zero-order valence-electron chi connectivity index (χ0n) is 13.3. The van der Waals surface area contributed by atoms with Crippen LogP contribution in [0, 0.1) is 13.8 Å².